The van der Waals surface area contributed by atoms with Crippen molar-refractivity contribution in [2.24, 2.45) is 0 Å². The molecule has 0 saturated carbocycles. The number of benzene rings is 2. The average molecular weight is 352 g/mol. The third-order valence-corrected chi connectivity index (χ3v) is 4.35. The Labute approximate surface area is 133 Å². The molecule has 0 bridgehead atoms. The summed E-state index contributed by atoms with van der Waals surface area (Å²) in [7, 11) is 1.70. The third-order valence-electron chi connectivity index (χ3n) is 2.90. The van der Waals surface area contributed by atoms with Gasteiger partial charge in [-0.15, -0.1) is 11.8 Å². The fraction of sp³-hybridized carbons (Fsp3) is 0.250. The number of nitrogens with one attached hydrogen (secondary N) is 1. The predicted octanol–water partition coefficient (Wildman–Crippen LogP) is 5.18. The van der Waals surface area contributed by atoms with Gasteiger partial charge >= 0.3 is 0 Å². The second kappa shape index (κ2) is 7.60. The van der Waals surface area contributed by atoms with Crippen LogP contribution in [-0.2, 0) is 6.54 Å². The Kier molecular flexibility index (Phi) is 5.80. The zero-order chi connectivity index (χ0) is 14.4. The van der Waals surface area contributed by atoms with Gasteiger partial charge in [0.2, 0.25) is 0 Å². The minimum absolute atomic E-state index is 0.740. The number of halogens is 1. The Balaban J connectivity index is 2.14. The normalized spacial score (nSPS) is 10.3. The van der Waals surface area contributed by atoms with E-state index in [1.807, 2.05) is 23.9 Å². The summed E-state index contributed by atoms with van der Waals surface area (Å²) in [5.41, 5.74) is 2.31. The lowest BCUT2D eigenvalue weighted by Gasteiger charge is -2.13. The van der Waals surface area contributed by atoms with Crippen LogP contribution in [0.4, 0.5) is 5.69 Å². The highest BCUT2D eigenvalue weighted by Crippen LogP contribution is 2.29. The van der Waals surface area contributed by atoms with Crippen LogP contribution in [0.3, 0.4) is 0 Å². The molecule has 0 aromatic heterocycles. The molecular formula is C16H18BrNOS. The summed E-state index contributed by atoms with van der Waals surface area (Å²) >= 11 is 5.35. The fourth-order valence-electron chi connectivity index (χ4n) is 1.97. The predicted molar refractivity (Wildman–Crippen MR) is 90.9 cm³/mol. The number of para-hydroxylation sites is 1. The molecule has 1 N–H and O–H groups in total. The maximum absolute atomic E-state index is 5.40. The highest BCUT2D eigenvalue weighted by atomic mass is 79.9. The molecule has 0 aliphatic carbocycles. The molecule has 0 unspecified atom stereocenters. The standard InChI is InChI=1S/C16H18BrNOS/c1-3-20-16-7-5-4-6-14(16)18-11-12-10-13(17)8-9-15(12)19-2/h4-10,18H,3,11H2,1-2H3. The van der Waals surface area contributed by atoms with Crippen molar-refractivity contribution in [1.82, 2.24) is 0 Å². The zero-order valence-electron chi connectivity index (χ0n) is 11.7. The number of hydrogen-bond donors (Lipinski definition) is 1. The Bertz CT molecular complexity index is 574. The van der Waals surface area contributed by atoms with Gasteiger partial charge in [0.05, 0.1) is 7.11 Å². The maximum Gasteiger partial charge on any atom is 0.123 e. The van der Waals surface area contributed by atoms with E-state index in [1.165, 1.54) is 10.6 Å². The van der Waals surface area contributed by atoms with Gasteiger partial charge in [-0.25, -0.2) is 0 Å². The summed E-state index contributed by atoms with van der Waals surface area (Å²) in [6, 6.07) is 14.4. The van der Waals surface area contributed by atoms with E-state index in [0.717, 1.165) is 28.1 Å². The van der Waals surface area contributed by atoms with Gasteiger partial charge in [0.15, 0.2) is 0 Å². The molecule has 2 aromatic rings. The molecule has 0 radical (unpaired) electrons. The largest absolute Gasteiger partial charge is 0.496 e. The fourth-order valence-corrected chi connectivity index (χ4v) is 3.16. The van der Waals surface area contributed by atoms with Crippen molar-refractivity contribution in [3.63, 3.8) is 0 Å². The van der Waals surface area contributed by atoms with Crippen LogP contribution in [0, 0.1) is 0 Å². The summed E-state index contributed by atoms with van der Waals surface area (Å²) in [6.45, 7) is 2.91. The van der Waals surface area contributed by atoms with E-state index in [4.69, 9.17) is 4.74 Å². The van der Waals surface area contributed by atoms with Crippen molar-refractivity contribution in [3.8, 4) is 5.75 Å². The van der Waals surface area contributed by atoms with Gasteiger partial charge in [-0.3, -0.25) is 0 Å². The van der Waals surface area contributed by atoms with Crippen LogP contribution in [0.15, 0.2) is 51.8 Å². The van der Waals surface area contributed by atoms with Crippen LogP contribution < -0.4 is 10.1 Å². The minimum Gasteiger partial charge on any atom is -0.496 e. The van der Waals surface area contributed by atoms with Crippen molar-refractivity contribution in [1.29, 1.82) is 0 Å². The van der Waals surface area contributed by atoms with Crippen molar-refractivity contribution in [2.45, 2.75) is 18.4 Å². The van der Waals surface area contributed by atoms with E-state index in [-0.39, 0.29) is 0 Å². The summed E-state index contributed by atoms with van der Waals surface area (Å²) in [6.07, 6.45) is 0. The molecule has 0 aliphatic heterocycles. The number of methoxy groups -OCH3 is 1. The molecular weight excluding hydrogens is 334 g/mol. The Morgan fingerprint density at radius 3 is 2.75 bits per heavy atom. The topological polar surface area (TPSA) is 21.3 Å². The van der Waals surface area contributed by atoms with Crippen molar-refractivity contribution >= 4 is 33.4 Å². The van der Waals surface area contributed by atoms with Gasteiger partial charge in [0.1, 0.15) is 5.75 Å². The quantitative estimate of drug-likeness (QED) is 0.724. The number of rotatable bonds is 6. The second-order valence-corrected chi connectivity index (χ2v) is 6.46. The smallest absolute Gasteiger partial charge is 0.123 e. The maximum atomic E-state index is 5.40. The Morgan fingerprint density at radius 1 is 1.20 bits per heavy atom. The van der Waals surface area contributed by atoms with E-state index in [0.29, 0.717) is 0 Å². The van der Waals surface area contributed by atoms with Crippen LogP contribution >= 0.6 is 27.7 Å². The van der Waals surface area contributed by atoms with Crippen LogP contribution in [0.25, 0.3) is 0 Å². The van der Waals surface area contributed by atoms with Gasteiger partial charge in [-0.1, -0.05) is 35.0 Å². The first-order valence-electron chi connectivity index (χ1n) is 6.52. The lowest BCUT2D eigenvalue weighted by atomic mass is 10.2. The van der Waals surface area contributed by atoms with Crippen LogP contribution in [0.2, 0.25) is 0 Å². The first kappa shape index (κ1) is 15.3. The van der Waals surface area contributed by atoms with Crippen LogP contribution in [0.5, 0.6) is 5.75 Å². The summed E-state index contributed by atoms with van der Waals surface area (Å²) in [5, 5.41) is 3.49. The zero-order valence-corrected chi connectivity index (χ0v) is 14.1. The summed E-state index contributed by atoms with van der Waals surface area (Å²) in [4.78, 5) is 1.28. The summed E-state index contributed by atoms with van der Waals surface area (Å²) in [5.74, 6) is 1.97. The first-order chi connectivity index (χ1) is 9.74. The van der Waals surface area contributed by atoms with Crippen molar-refractivity contribution < 1.29 is 4.74 Å². The van der Waals surface area contributed by atoms with E-state index in [9.17, 15) is 0 Å². The highest BCUT2D eigenvalue weighted by Gasteiger charge is 2.05. The van der Waals surface area contributed by atoms with Crippen LogP contribution in [0.1, 0.15) is 12.5 Å². The third kappa shape index (κ3) is 3.93. The first-order valence-corrected chi connectivity index (χ1v) is 8.30. The number of anilines is 1. The lowest BCUT2D eigenvalue weighted by Crippen LogP contribution is -2.02. The molecule has 0 spiro atoms. The number of ether oxygens (including phenoxy) is 1. The monoisotopic (exact) mass is 351 g/mol. The molecule has 2 rings (SSSR count). The summed E-state index contributed by atoms with van der Waals surface area (Å²) < 4.78 is 6.46. The van der Waals surface area contributed by atoms with Gasteiger partial charge in [-0.2, -0.15) is 0 Å². The minimum atomic E-state index is 0.740. The van der Waals surface area contributed by atoms with E-state index >= 15 is 0 Å². The molecule has 4 heteroatoms. The lowest BCUT2D eigenvalue weighted by molar-refractivity contribution is 0.410. The molecule has 0 saturated heterocycles. The Hall–Kier alpha value is -1.13. The van der Waals surface area contributed by atoms with Crippen molar-refractivity contribution in [2.75, 3.05) is 18.2 Å². The molecule has 0 heterocycles. The van der Waals surface area contributed by atoms with Gasteiger partial charge < -0.3 is 10.1 Å². The molecule has 106 valence electrons. The molecule has 0 atom stereocenters. The van der Waals surface area contributed by atoms with Gasteiger partial charge in [-0.05, 0) is 36.1 Å². The average Bonchev–Trinajstić information content (AvgIpc) is 2.47. The number of thioether (sulfide) groups is 1. The van der Waals surface area contributed by atoms with E-state index < -0.39 is 0 Å². The second-order valence-electron chi connectivity index (χ2n) is 4.24. The molecule has 0 aliphatic rings. The van der Waals surface area contributed by atoms with E-state index in [1.54, 1.807) is 7.11 Å². The molecule has 0 amide bonds. The van der Waals surface area contributed by atoms with E-state index in [2.05, 4.69) is 58.5 Å². The van der Waals surface area contributed by atoms with Gasteiger partial charge in [0.25, 0.3) is 0 Å². The molecule has 0 fully saturated rings. The van der Waals surface area contributed by atoms with Gasteiger partial charge in [0, 0.05) is 27.2 Å². The molecule has 2 aromatic carbocycles. The molecule has 2 nitrogen and oxygen atoms in total. The molecule has 20 heavy (non-hydrogen) atoms. The van der Waals surface area contributed by atoms with Crippen molar-refractivity contribution in [3.05, 3.63) is 52.5 Å². The van der Waals surface area contributed by atoms with Crippen LogP contribution in [-0.4, -0.2) is 12.9 Å². The highest BCUT2D eigenvalue weighted by molar-refractivity contribution is 9.10. The number of hydrogen-bond acceptors (Lipinski definition) is 3. The Morgan fingerprint density at radius 2 is 2.00 bits per heavy atom. The SMILES string of the molecule is CCSc1ccccc1NCc1cc(Br)ccc1OC.